The second-order valence-corrected chi connectivity index (χ2v) is 7.92. The Kier molecular flexibility index (Phi) is 3.77. The Morgan fingerprint density at radius 3 is 1.58 bits per heavy atom. The molecule has 0 saturated heterocycles. The number of hydrogen-bond acceptors (Lipinski definition) is 1. The van der Waals surface area contributed by atoms with E-state index in [0.29, 0.717) is 0 Å². The molecule has 0 nitrogen and oxygen atoms in total. The van der Waals surface area contributed by atoms with Gasteiger partial charge >= 0.3 is 0 Å². The highest BCUT2D eigenvalue weighted by molar-refractivity contribution is 7.25. The minimum absolute atomic E-state index is 0.769. The van der Waals surface area contributed by atoms with Gasteiger partial charge in [-0.2, -0.15) is 0 Å². The van der Waals surface area contributed by atoms with Gasteiger partial charge in [0, 0.05) is 25.2 Å². The van der Waals surface area contributed by atoms with Crippen molar-refractivity contribution in [3.63, 3.8) is 0 Å². The average molecular weight is 371 g/mol. The van der Waals surface area contributed by atoms with Crippen molar-refractivity contribution in [3.8, 4) is 22.3 Å². The molecule has 0 unspecified atom stereocenters. The van der Waals surface area contributed by atoms with Crippen molar-refractivity contribution in [2.75, 3.05) is 0 Å². The zero-order chi connectivity index (χ0) is 17.5. The van der Waals surface area contributed by atoms with E-state index in [1.165, 1.54) is 42.4 Å². The third-order valence-electron chi connectivity index (χ3n) is 4.76. The molecule has 26 heavy (non-hydrogen) atoms. The van der Waals surface area contributed by atoms with E-state index in [9.17, 15) is 0 Å². The Balaban J connectivity index is 1.65. The lowest BCUT2D eigenvalue weighted by molar-refractivity contribution is 1.65. The Labute approximate surface area is 161 Å². The predicted molar refractivity (Wildman–Crippen MR) is 115 cm³/mol. The summed E-state index contributed by atoms with van der Waals surface area (Å²) in [6.07, 6.45) is 0. The molecule has 0 aliphatic heterocycles. The summed E-state index contributed by atoms with van der Waals surface area (Å²) in [5, 5.41) is 3.42. The van der Waals surface area contributed by atoms with E-state index in [1.807, 2.05) is 23.5 Å². The van der Waals surface area contributed by atoms with Gasteiger partial charge in [0.15, 0.2) is 0 Å². The third kappa shape index (κ3) is 2.70. The molecule has 4 aromatic carbocycles. The fraction of sp³-hybridized carbons (Fsp3) is 0. The number of rotatable bonds is 2. The summed E-state index contributed by atoms with van der Waals surface area (Å²) >= 11 is 7.87. The molecule has 0 N–H and O–H groups in total. The van der Waals surface area contributed by atoms with Gasteiger partial charge in [-0.15, -0.1) is 11.3 Å². The van der Waals surface area contributed by atoms with E-state index in [2.05, 4.69) is 78.9 Å². The maximum Gasteiger partial charge on any atom is 0.0406 e. The first kappa shape index (κ1) is 15.6. The van der Waals surface area contributed by atoms with E-state index in [1.54, 1.807) is 0 Å². The molecule has 0 amide bonds. The molecule has 1 aromatic heterocycles. The maximum absolute atomic E-state index is 6.02. The van der Waals surface area contributed by atoms with E-state index in [-0.39, 0.29) is 0 Å². The zero-order valence-electron chi connectivity index (χ0n) is 13.9. The van der Waals surface area contributed by atoms with Crippen LogP contribution in [0.25, 0.3) is 42.4 Å². The molecule has 2 heteroatoms. The molecule has 0 aliphatic rings. The van der Waals surface area contributed by atoms with E-state index in [4.69, 9.17) is 11.6 Å². The van der Waals surface area contributed by atoms with Gasteiger partial charge in [0.05, 0.1) is 0 Å². The molecule has 0 radical (unpaired) electrons. The van der Waals surface area contributed by atoms with Gasteiger partial charge in [0.1, 0.15) is 0 Å². The Morgan fingerprint density at radius 1 is 0.500 bits per heavy atom. The van der Waals surface area contributed by atoms with Crippen LogP contribution in [0.3, 0.4) is 0 Å². The Hall–Kier alpha value is -2.61. The lowest BCUT2D eigenvalue weighted by atomic mass is 10.0. The highest BCUT2D eigenvalue weighted by atomic mass is 35.5. The summed E-state index contributed by atoms with van der Waals surface area (Å²) in [5.41, 5.74) is 4.94. The van der Waals surface area contributed by atoms with Gasteiger partial charge in [-0.05, 0) is 46.5 Å². The van der Waals surface area contributed by atoms with Crippen LogP contribution < -0.4 is 0 Å². The number of hydrogen-bond donors (Lipinski definition) is 0. The topological polar surface area (TPSA) is 0 Å². The van der Waals surface area contributed by atoms with Crippen LogP contribution in [0.15, 0.2) is 91.0 Å². The van der Waals surface area contributed by atoms with Gasteiger partial charge in [-0.1, -0.05) is 78.3 Å². The van der Waals surface area contributed by atoms with Crippen LogP contribution in [0.1, 0.15) is 0 Å². The quantitative estimate of drug-likeness (QED) is 0.295. The molecule has 0 saturated carbocycles. The van der Waals surface area contributed by atoms with Crippen LogP contribution in [0.5, 0.6) is 0 Å². The van der Waals surface area contributed by atoms with Gasteiger partial charge in [-0.3, -0.25) is 0 Å². The monoisotopic (exact) mass is 370 g/mol. The summed E-state index contributed by atoms with van der Waals surface area (Å²) in [5.74, 6) is 0. The normalized spacial score (nSPS) is 11.3. The zero-order valence-corrected chi connectivity index (χ0v) is 15.5. The van der Waals surface area contributed by atoms with Crippen LogP contribution in [0.4, 0.5) is 0 Å². The number of benzene rings is 4. The lowest BCUT2D eigenvalue weighted by Crippen LogP contribution is -1.77. The maximum atomic E-state index is 6.02. The highest BCUT2D eigenvalue weighted by Crippen LogP contribution is 2.38. The summed E-state index contributed by atoms with van der Waals surface area (Å²) in [6, 6.07) is 32.1. The molecular weight excluding hydrogens is 356 g/mol. The van der Waals surface area contributed by atoms with E-state index >= 15 is 0 Å². The van der Waals surface area contributed by atoms with Crippen LogP contribution in [0, 0.1) is 0 Å². The summed E-state index contributed by atoms with van der Waals surface area (Å²) in [4.78, 5) is 0. The van der Waals surface area contributed by atoms with Crippen LogP contribution in [0.2, 0.25) is 5.02 Å². The Bertz CT molecular complexity index is 1220. The van der Waals surface area contributed by atoms with Gasteiger partial charge in [0.2, 0.25) is 0 Å². The van der Waals surface area contributed by atoms with Crippen LogP contribution in [-0.2, 0) is 0 Å². The smallest absolute Gasteiger partial charge is 0.0406 e. The molecule has 5 rings (SSSR count). The summed E-state index contributed by atoms with van der Waals surface area (Å²) in [7, 11) is 0. The fourth-order valence-corrected chi connectivity index (χ4v) is 4.72. The average Bonchev–Trinajstić information content (AvgIpc) is 3.06. The first-order chi connectivity index (χ1) is 12.8. The SMILES string of the molecule is Clc1ccc(-c2ccc3c(c2)sc2cc(-c4ccccc4)ccc23)cc1. The fourth-order valence-electron chi connectivity index (χ4n) is 3.41. The molecule has 0 aliphatic carbocycles. The minimum atomic E-state index is 0.769. The molecular formula is C24H15ClS. The summed E-state index contributed by atoms with van der Waals surface area (Å²) < 4.78 is 2.65. The molecule has 0 spiro atoms. The van der Waals surface area contributed by atoms with Crippen molar-refractivity contribution in [1.82, 2.24) is 0 Å². The van der Waals surface area contributed by atoms with Crippen molar-refractivity contribution in [1.29, 1.82) is 0 Å². The largest absolute Gasteiger partial charge is 0.135 e. The second kappa shape index (κ2) is 6.28. The van der Waals surface area contributed by atoms with Gasteiger partial charge in [-0.25, -0.2) is 0 Å². The van der Waals surface area contributed by atoms with E-state index in [0.717, 1.165) is 5.02 Å². The molecule has 1 heterocycles. The minimum Gasteiger partial charge on any atom is -0.135 e. The first-order valence-electron chi connectivity index (χ1n) is 8.56. The lowest BCUT2D eigenvalue weighted by Gasteiger charge is -2.02. The number of halogens is 1. The van der Waals surface area contributed by atoms with Crippen molar-refractivity contribution in [2.24, 2.45) is 0 Å². The van der Waals surface area contributed by atoms with Crippen molar-refractivity contribution >= 4 is 43.1 Å². The molecule has 5 aromatic rings. The van der Waals surface area contributed by atoms with Crippen molar-refractivity contribution in [2.45, 2.75) is 0 Å². The van der Waals surface area contributed by atoms with Crippen molar-refractivity contribution < 1.29 is 0 Å². The number of thiophene rings is 1. The molecule has 124 valence electrons. The third-order valence-corrected chi connectivity index (χ3v) is 6.13. The standard InChI is InChI=1S/C24H15ClS/c25-20-10-6-17(7-11-20)19-9-13-22-21-12-8-18(16-4-2-1-3-5-16)14-23(21)26-24(22)15-19/h1-15H. The van der Waals surface area contributed by atoms with Gasteiger partial charge in [0.25, 0.3) is 0 Å². The second-order valence-electron chi connectivity index (χ2n) is 6.40. The predicted octanol–water partition coefficient (Wildman–Crippen LogP) is 8.04. The van der Waals surface area contributed by atoms with E-state index < -0.39 is 0 Å². The summed E-state index contributed by atoms with van der Waals surface area (Å²) in [6.45, 7) is 0. The van der Waals surface area contributed by atoms with Crippen LogP contribution in [-0.4, -0.2) is 0 Å². The first-order valence-corrected chi connectivity index (χ1v) is 9.75. The Morgan fingerprint density at radius 2 is 1.00 bits per heavy atom. The molecule has 0 bridgehead atoms. The highest BCUT2D eigenvalue weighted by Gasteiger charge is 2.08. The molecule has 0 atom stereocenters. The number of fused-ring (bicyclic) bond motifs is 3. The van der Waals surface area contributed by atoms with Crippen LogP contribution >= 0.6 is 22.9 Å². The molecule has 0 fully saturated rings. The van der Waals surface area contributed by atoms with Crippen molar-refractivity contribution in [3.05, 3.63) is 96.0 Å². The van der Waals surface area contributed by atoms with Gasteiger partial charge < -0.3 is 0 Å².